The first kappa shape index (κ1) is 12.0. The molecule has 0 fully saturated rings. The van der Waals surface area contributed by atoms with Crippen molar-refractivity contribution in [3.05, 3.63) is 29.3 Å². The summed E-state index contributed by atoms with van der Waals surface area (Å²) in [7, 11) is 3.33. The van der Waals surface area contributed by atoms with Crippen molar-refractivity contribution in [3.63, 3.8) is 0 Å². The maximum Gasteiger partial charge on any atom is 0.124 e. The van der Waals surface area contributed by atoms with Gasteiger partial charge in [-0.2, -0.15) is 0 Å². The smallest absolute Gasteiger partial charge is 0.124 e. The molecule has 0 heterocycles. The normalized spacial score (nSPS) is 10.3. The highest BCUT2D eigenvalue weighted by Gasteiger charge is 2.07. The van der Waals surface area contributed by atoms with Crippen LogP contribution in [0.15, 0.2) is 18.2 Å². The second-order valence-corrected chi connectivity index (χ2v) is 3.36. The number of aryl methyl sites for hydroxylation is 1. The summed E-state index contributed by atoms with van der Waals surface area (Å²) in [6.07, 6.45) is 1.62. The molecule has 1 aromatic carbocycles. The lowest BCUT2D eigenvalue weighted by Gasteiger charge is -2.12. The molecule has 0 bridgehead atoms. The van der Waals surface area contributed by atoms with Gasteiger partial charge in [0.15, 0.2) is 0 Å². The number of hydrogen-bond acceptors (Lipinski definition) is 3. The van der Waals surface area contributed by atoms with Crippen molar-refractivity contribution in [3.8, 4) is 5.75 Å². The molecule has 0 spiro atoms. The van der Waals surface area contributed by atoms with E-state index in [-0.39, 0.29) is 6.61 Å². The topological polar surface area (TPSA) is 38.7 Å². The zero-order valence-corrected chi connectivity index (χ0v) is 9.32. The molecule has 0 radical (unpaired) electrons. The van der Waals surface area contributed by atoms with Crippen LogP contribution in [0.5, 0.6) is 5.75 Å². The molecule has 1 N–H and O–H groups in total. The number of aliphatic hydroxyl groups excluding tert-OH is 1. The van der Waals surface area contributed by atoms with Gasteiger partial charge in [-0.15, -0.1) is 0 Å². The first-order chi connectivity index (χ1) is 7.33. The Labute approximate surface area is 90.6 Å². The van der Waals surface area contributed by atoms with Crippen molar-refractivity contribution in [2.75, 3.05) is 20.8 Å². The molecule has 0 aliphatic carbocycles. The van der Waals surface area contributed by atoms with E-state index in [1.165, 1.54) is 5.56 Å². The van der Waals surface area contributed by atoms with Gasteiger partial charge < -0.3 is 14.6 Å². The Hall–Kier alpha value is -1.06. The van der Waals surface area contributed by atoms with Crippen LogP contribution in [-0.2, 0) is 17.8 Å². The van der Waals surface area contributed by atoms with Gasteiger partial charge in [0.1, 0.15) is 5.75 Å². The van der Waals surface area contributed by atoms with Crippen LogP contribution >= 0.6 is 0 Å². The highest BCUT2D eigenvalue weighted by Crippen LogP contribution is 2.23. The lowest BCUT2D eigenvalue weighted by Crippen LogP contribution is -2.01. The Bertz CT molecular complexity index is 297. The molecule has 0 aliphatic heterocycles. The number of benzene rings is 1. The van der Waals surface area contributed by atoms with Gasteiger partial charge in [0.25, 0.3) is 0 Å². The van der Waals surface area contributed by atoms with Crippen LogP contribution in [0.25, 0.3) is 0 Å². The summed E-state index contributed by atoms with van der Waals surface area (Å²) in [5.41, 5.74) is 2.26. The van der Waals surface area contributed by atoms with Crippen molar-refractivity contribution in [1.82, 2.24) is 0 Å². The molecule has 0 saturated carbocycles. The van der Waals surface area contributed by atoms with Gasteiger partial charge in [0.2, 0.25) is 0 Å². The van der Waals surface area contributed by atoms with Gasteiger partial charge in [0, 0.05) is 19.3 Å². The molecule has 0 amide bonds. The highest BCUT2D eigenvalue weighted by molar-refractivity contribution is 5.40. The summed E-state index contributed by atoms with van der Waals surface area (Å²) >= 11 is 0. The van der Waals surface area contributed by atoms with E-state index in [1.54, 1.807) is 14.2 Å². The number of rotatable bonds is 6. The van der Waals surface area contributed by atoms with Crippen LogP contribution in [0, 0.1) is 0 Å². The van der Waals surface area contributed by atoms with Gasteiger partial charge in [0.05, 0.1) is 13.7 Å². The third-order valence-corrected chi connectivity index (χ3v) is 2.34. The minimum absolute atomic E-state index is 0.212. The lowest BCUT2D eigenvalue weighted by atomic mass is 10.0. The van der Waals surface area contributed by atoms with Crippen LogP contribution in [0.2, 0.25) is 0 Å². The average molecular weight is 210 g/mol. The van der Waals surface area contributed by atoms with Crippen LogP contribution in [0.4, 0.5) is 0 Å². The fraction of sp³-hybridized carbons (Fsp3) is 0.500. The Morgan fingerprint density at radius 1 is 1.27 bits per heavy atom. The van der Waals surface area contributed by atoms with Crippen LogP contribution in [-0.4, -0.2) is 25.9 Å². The van der Waals surface area contributed by atoms with Crippen molar-refractivity contribution in [2.45, 2.75) is 19.4 Å². The molecule has 0 unspecified atom stereocenters. The minimum Gasteiger partial charge on any atom is -0.496 e. The molecule has 0 saturated heterocycles. The van der Waals surface area contributed by atoms with Gasteiger partial charge in [-0.05, 0) is 24.5 Å². The van der Waals surface area contributed by atoms with E-state index in [9.17, 15) is 0 Å². The third kappa shape index (κ3) is 3.22. The monoisotopic (exact) mass is 210 g/mol. The summed E-state index contributed by atoms with van der Waals surface area (Å²) < 4.78 is 10.4. The first-order valence-corrected chi connectivity index (χ1v) is 5.08. The van der Waals surface area contributed by atoms with E-state index in [1.807, 2.05) is 18.2 Å². The van der Waals surface area contributed by atoms with E-state index in [4.69, 9.17) is 14.6 Å². The summed E-state index contributed by atoms with van der Waals surface area (Å²) in [4.78, 5) is 0. The van der Waals surface area contributed by atoms with Gasteiger partial charge in [-0.25, -0.2) is 0 Å². The third-order valence-electron chi connectivity index (χ3n) is 2.34. The van der Waals surface area contributed by atoms with Crippen LogP contribution < -0.4 is 4.74 Å². The molecular formula is C12H18O3. The number of aliphatic hydroxyl groups is 1. The maximum atomic E-state index is 8.81. The standard InChI is InChI=1S/C12H18O3/c1-14-9-11-10(6-4-8-13)5-3-7-12(11)15-2/h3,5,7,13H,4,6,8-9H2,1-2H3. The second-order valence-electron chi connectivity index (χ2n) is 3.36. The highest BCUT2D eigenvalue weighted by atomic mass is 16.5. The lowest BCUT2D eigenvalue weighted by molar-refractivity contribution is 0.180. The molecular weight excluding hydrogens is 192 g/mol. The van der Waals surface area contributed by atoms with E-state index in [2.05, 4.69) is 0 Å². The summed E-state index contributed by atoms with van der Waals surface area (Å²) in [5.74, 6) is 0.854. The van der Waals surface area contributed by atoms with Crippen LogP contribution in [0.1, 0.15) is 17.5 Å². The number of hydrogen-bond donors (Lipinski definition) is 1. The van der Waals surface area contributed by atoms with Crippen molar-refractivity contribution < 1.29 is 14.6 Å². The number of methoxy groups -OCH3 is 2. The molecule has 3 heteroatoms. The average Bonchev–Trinajstić information content (AvgIpc) is 2.28. The largest absolute Gasteiger partial charge is 0.496 e. The molecule has 0 atom stereocenters. The zero-order chi connectivity index (χ0) is 11.1. The van der Waals surface area contributed by atoms with Crippen LogP contribution in [0.3, 0.4) is 0 Å². The molecule has 84 valence electrons. The molecule has 1 rings (SSSR count). The Balaban J connectivity index is 2.90. The van der Waals surface area contributed by atoms with Crippen molar-refractivity contribution in [2.24, 2.45) is 0 Å². The van der Waals surface area contributed by atoms with Crippen molar-refractivity contribution >= 4 is 0 Å². The SMILES string of the molecule is COCc1c(CCCO)cccc1OC. The molecule has 0 aliphatic rings. The fourth-order valence-electron chi connectivity index (χ4n) is 1.61. The maximum absolute atomic E-state index is 8.81. The van der Waals surface area contributed by atoms with E-state index in [0.29, 0.717) is 6.61 Å². The van der Waals surface area contributed by atoms with Crippen molar-refractivity contribution in [1.29, 1.82) is 0 Å². The Morgan fingerprint density at radius 3 is 2.67 bits per heavy atom. The Morgan fingerprint density at radius 2 is 2.07 bits per heavy atom. The molecule has 3 nitrogen and oxygen atoms in total. The molecule has 0 aromatic heterocycles. The zero-order valence-electron chi connectivity index (χ0n) is 9.32. The Kier molecular flexibility index (Phi) is 5.15. The quantitative estimate of drug-likeness (QED) is 0.777. The van der Waals surface area contributed by atoms with E-state index in [0.717, 1.165) is 24.2 Å². The predicted molar refractivity (Wildman–Crippen MR) is 59.1 cm³/mol. The summed E-state index contributed by atoms with van der Waals surface area (Å²) in [6.45, 7) is 0.758. The first-order valence-electron chi connectivity index (χ1n) is 5.08. The van der Waals surface area contributed by atoms with E-state index >= 15 is 0 Å². The minimum atomic E-state index is 0.212. The number of ether oxygens (including phenoxy) is 2. The van der Waals surface area contributed by atoms with Gasteiger partial charge >= 0.3 is 0 Å². The molecule has 15 heavy (non-hydrogen) atoms. The summed E-state index contributed by atoms with van der Waals surface area (Å²) in [6, 6.07) is 5.94. The van der Waals surface area contributed by atoms with E-state index < -0.39 is 0 Å². The molecule has 1 aromatic rings. The second kappa shape index (κ2) is 6.43. The fourth-order valence-corrected chi connectivity index (χ4v) is 1.61. The van der Waals surface area contributed by atoms with Gasteiger partial charge in [-0.3, -0.25) is 0 Å². The predicted octanol–water partition coefficient (Wildman–Crippen LogP) is 1.77. The summed E-state index contributed by atoms with van der Waals surface area (Å²) in [5, 5.41) is 8.81. The van der Waals surface area contributed by atoms with Gasteiger partial charge in [-0.1, -0.05) is 12.1 Å².